The van der Waals surface area contributed by atoms with Crippen molar-refractivity contribution in [2.24, 2.45) is 7.05 Å². The third kappa shape index (κ3) is 1.86. The Bertz CT molecular complexity index is 460. The number of aliphatic hydroxyl groups excluding tert-OH is 1. The number of imidazole rings is 1. The monoisotopic (exact) mass is 220 g/mol. The van der Waals surface area contributed by atoms with E-state index in [0.29, 0.717) is 0 Å². The summed E-state index contributed by atoms with van der Waals surface area (Å²) in [5, 5.41) is 14.4. The summed E-state index contributed by atoms with van der Waals surface area (Å²) in [6.07, 6.45) is 5.39. The number of aromatic nitrogens is 4. The second-order valence-corrected chi connectivity index (χ2v) is 3.81. The van der Waals surface area contributed by atoms with Gasteiger partial charge in [0.25, 0.3) is 0 Å². The lowest BCUT2D eigenvalue weighted by Crippen LogP contribution is -2.12. The molecule has 0 aliphatic rings. The van der Waals surface area contributed by atoms with E-state index in [1.54, 1.807) is 18.7 Å². The van der Waals surface area contributed by atoms with Gasteiger partial charge in [-0.3, -0.25) is 4.68 Å². The molecule has 0 saturated heterocycles. The Labute approximate surface area is 94.4 Å². The molecule has 2 heterocycles. The van der Waals surface area contributed by atoms with Gasteiger partial charge in [0.1, 0.15) is 6.10 Å². The first-order valence-corrected chi connectivity index (χ1v) is 5.40. The average molecular weight is 220 g/mol. The fourth-order valence-electron chi connectivity index (χ4n) is 1.76. The minimum absolute atomic E-state index is 0.665. The van der Waals surface area contributed by atoms with Crippen molar-refractivity contribution in [3.8, 4) is 0 Å². The molecule has 0 aliphatic heterocycles. The maximum Gasteiger partial charge on any atom is 0.137 e. The van der Waals surface area contributed by atoms with Gasteiger partial charge in [-0.2, -0.15) is 5.10 Å². The van der Waals surface area contributed by atoms with Crippen molar-refractivity contribution >= 4 is 0 Å². The van der Waals surface area contributed by atoms with Crippen LogP contribution in [-0.2, 0) is 13.6 Å². The Hall–Kier alpha value is -1.62. The molecule has 0 spiro atoms. The number of hydrogen-bond donors (Lipinski definition) is 1. The van der Waals surface area contributed by atoms with Crippen LogP contribution in [-0.4, -0.2) is 24.4 Å². The van der Waals surface area contributed by atoms with Crippen molar-refractivity contribution in [3.05, 3.63) is 36.2 Å². The van der Waals surface area contributed by atoms with Gasteiger partial charge in [-0.1, -0.05) is 6.92 Å². The van der Waals surface area contributed by atoms with E-state index in [1.165, 1.54) is 0 Å². The average Bonchev–Trinajstić information content (AvgIpc) is 2.87. The zero-order valence-electron chi connectivity index (χ0n) is 9.54. The molecule has 0 bridgehead atoms. The molecule has 86 valence electrons. The standard InChI is InChI=1S/C11H16N4O/c1-3-6-15-9(4-5-13-15)11(16)10-7-12-8-14(10)2/h4-5,7-8,11,16H,3,6H2,1-2H3. The van der Waals surface area contributed by atoms with Crippen LogP contribution in [0.25, 0.3) is 0 Å². The number of hydrogen-bond acceptors (Lipinski definition) is 3. The molecule has 0 fully saturated rings. The Kier molecular flexibility index (Phi) is 3.05. The van der Waals surface area contributed by atoms with Gasteiger partial charge in [-0.05, 0) is 12.5 Å². The van der Waals surface area contributed by atoms with Gasteiger partial charge in [-0.25, -0.2) is 4.98 Å². The van der Waals surface area contributed by atoms with Crippen LogP contribution >= 0.6 is 0 Å². The first-order valence-electron chi connectivity index (χ1n) is 5.40. The third-order valence-corrected chi connectivity index (χ3v) is 2.60. The highest BCUT2D eigenvalue weighted by Gasteiger charge is 2.17. The molecule has 0 aromatic carbocycles. The molecule has 1 unspecified atom stereocenters. The zero-order chi connectivity index (χ0) is 11.5. The molecule has 0 radical (unpaired) electrons. The fourth-order valence-corrected chi connectivity index (χ4v) is 1.76. The molecule has 5 nitrogen and oxygen atoms in total. The largest absolute Gasteiger partial charge is 0.380 e. The maximum atomic E-state index is 10.2. The summed E-state index contributed by atoms with van der Waals surface area (Å²) in [6, 6.07) is 1.84. The summed E-state index contributed by atoms with van der Waals surface area (Å²) >= 11 is 0. The third-order valence-electron chi connectivity index (χ3n) is 2.60. The Morgan fingerprint density at radius 3 is 2.88 bits per heavy atom. The van der Waals surface area contributed by atoms with E-state index in [1.807, 2.05) is 22.4 Å². The van der Waals surface area contributed by atoms with Crippen molar-refractivity contribution in [1.29, 1.82) is 0 Å². The molecule has 5 heteroatoms. The lowest BCUT2D eigenvalue weighted by Gasteiger charge is -2.13. The van der Waals surface area contributed by atoms with Crippen molar-refractivity contribution in [2.75, 3.05) is 0 Å². The van der Waals surface area contributed by atoms with Gasteiger partial charge >= 0.3 is 0 Å². The SMILES string of the molecule is CCCn1nccc1C(O)c1cncn1C. The molecule has 0 amide bonds. The second kappa shape index (κ2) is 4.49. The van der Waals surface area contributed by atoms with Crippen molar-refractivity contribution in [1.82, 2.24) is 19.3 Å². The van der Waals surface area contributed by atoms with Crippen LogP contribution < -0.4 is 0 Å². The molecule has 16 heavy (non-hydrogen) atoms. The van der Waals surface area contributed by atoms with Gasteiger partial charge in [-0.15, -0.1) is 0 Å². The molecule has 1 atom stereocenters. The van der Waals surface area contributed by atoms with E-state index in [2.05, 4.69) is 17.0 Å². The fraction of sp³-hybridized carbons (Fsp3) is 0.455. The van der Waals surface area contributed by atoms with Crippen molar-refractivity contribution in [3.63, 3.8) is 0 Å². The molecule has 1 N–H and O–H groups in total. The first kappa shape index (κ1) is 10.9. The van der Waals surface area contributed by atoms with E-state index in [0.717, 1.165) is 24.4 Å². The Morgan fingerprint density at radius 1 is 1.44 bits per heavy atom. The minimum atomic E-state index is -0.665. The summed E-state index contributed by atoms with van der Waals surface area (Å²) < 4.78 is 3.64. The van der Waals surface area contributed by atoms with Gasteiger partial charge in [0.05, 0.1) is 23.9 Å². The molecule has 0 aliphatic carbocycles. The van der Waals surface area contributed by atoms with Crippen LogP contribution in [0.2, 0.25) is 0 Å². The summed E-state index contributed by atoms with van der Waals surface area (Å²) in [4.78, 5) is 4.00. The summed E-state index contributed by atoms with van der Waals surface area (Å²) in [7, 11) is 1.87. The van der Waals surface area contributed by atoms with Gasteiger partial charge in [0.2, 0.25) is 0 Å². The number of aliphatic hydroxyl groups is 1. The number of aryl methyl sites for hydroxylation is 2. The highest BCUT2D eigenvalue weighted by atomic mass is 16.3. The van der Waals surface area contributed by atoms with Crippen molar-refractivity contribution < 1.29 is 5.11 Å². The highest BCUT2D eigenvalue weighted by molar-refractivity contribution is 5.17. The minimum Gasteiger partial charge on any atom is -0.380 e. The van der Waals surface area contributed by atoms with Crippen LogP contribution in [0.4, 0.5) is 0 Å². The summed E-state index contributed by atoms with van der Waals surface area (Å²) in [5.41, 5.74) is 1.59. The Balaban J connectivity index is 2.30. The quantitative estimate of drug-likeness (QED) is 0.839. The predicted molar refractivity (Wildman–Crippen MR) is 59.8 cm³/mol. The van der Waals surface area contributed by atoms with E-state index in [-0.39, 0.29) is 0 Å². The molecule has 0 saturated carbocycles. The molecular weight excluding hydrogens is 204 g/mol. The lowest BCUT2D eigenvalue weighted by atomic mass is 10.2. The normalized spacial score (nSPS) is 12.9. The predicted octanol–water partition coefficient (Wildman–Crippen LogP) is 1.11. The van der Waals surface area contributed by atoms with E-state index in [9.17, 15) is 5.11 Å². The Morgan fingerprint density at radius 2 is 2.25 bits per heavy atom. The van der Waals surface area contributed by atoms with E-state index < -0.39 is 6.10 Å². The van der Waals surface area contributed by atoms with Gasteiger partial charge in [0, 0.05) is 19.8 Å². The smallest absolute Gasteiger partial charge is 0.137 e. The molecule has 2 aromatic heterocycles. The van der Waals surface area contributed by atoms with E-state index >= 15 is 0 Å². The van der Waals surface area contributed by atoms with Crippen LogP contribution in [0.3, 0.4) is 0 Å². The van der Waals surface area contributed by atoms with Crippen LogP contribution in [0.1, 0.15) is 30.8 Å². The summed E-state index contributed by atoms with van der Waals surface area (Å²) in [6.45, 7) is 2.90. The van der Waals surface area contributed by atoms with Crippen LogP contribution in [0, 0.1) is 0 Å². The highest BCUT2D eigenvalue weighted by Crippen LogP contribution is 2.20. The molecular formula is C11H16N4O. The second-order valence-electron chi connectivity index (χ2n) is 3.81. The lowest BCUT2D eigenvalue weighted by molar-refractivity contribution is 0.199. The van der Waals surface area contributed by atoms with E-state index in [4.69, 9.17) is 0 Å². The molecule has 2 aromatic rings. The van der Waals surface area contributed by atoms with Crippen LogP contribution in [0.15, 0.2) is 24.8 Å². The van der Waals surface area contributed by atoms with Gasteiger partial charge < -0.3 is 9.67 Å². The summed E-state index contributed by atoms with van der Waals surface area (Å²) in [5.74, 6) is 0. The van der Waals surface area contributed by atoms with Crippen molar-refractivity contribution in [2.45, 2.75) is 26.0 Å². The van der Waals surface area contributed by atoms with Crippen LogP contribution in [0.5, 0.6) is 0 Å². The van der Waals surface area contributed by atoms with Gasteiger partial charge in [0.15, 0.2) is 0 Å². The number of nitrogens with zero attached hydrogens (tertiary/aromatic N) is 4. The molecule has 2 rings (SSSR count). The zero-order valence-corrected chi connectivity index (χ0v) is 9.54. The topological polar surface area (TPSA) is 55.9 Å². The maximum absolute atomic E-state index is 10.2. The first-order chi connectivity index (χ1) is 7.74. The number of rotatable bonds is 4.